The molecule has 0 unspecified atom stereocenters. The minimum Gasteiger partial charge on any atom is -0.369 e. The lowest BCUT2D eigenvalue weighted by molar-refractivity contribution is -0.134. The summed E-state index contributed by atoms with van der Waals surface area (Å²) in [4.78, 5) is 23.5. The van der Waals surface area contributed by atoms with Crippen molar-refractivity contribution >= 4 is 22.9 Å². The third-order valence-electron chi connectivity index (χ3n) is 6.33. The van der Waals surface area contributed by atoms with Crippen molar-refractivity contribution < 1.29 is 4.79 Å². The van der Waals surface area contributed by atoms with Gasteiger partial charge in [0, 0.05) is 69.5 Å². The van der Waals surface area contributed by atoms with Crippen LogP contribution in [0.2, 0.25) is 0 Å². The van der Waals surface area contributed by atoms with Crippen LogP contribution in [0.15, 0.2) is 35.7 Å². The van der Waals surface area contributed by atoms with Crippen LogP contribution < -0.4 is 4.90 Å². The van der Waals surface area contributed by atoms with Gasteiger partial charge in [-0.1, -0.05) is 18.2 Å². The molecule has 29 heavy (non-hydrogen) atoms. The molecule has 6 heteroatoms. The number of rotatable bonds is 5. The van der Waals surface area contributed by atoms with Gasteiger partial charge in [-0.3, -0.25) is 14.6 Å². The topological polar surface area (TPSA) is 30.0 Å². The summed E-state index contributed by atoms with van der Waals surface area (Å²) in [6.45, 7) is 13.5. The van der Waals surface area contributed by atoms with Gasteiger partial charge in [0.15, 0.2) is 0 Å². The van der Waals surface area contributed by atoms with Gasteiger partial charge in [-0.25, -0.2) is 0 Å². The Kier molecular flexibility index (Phi) is 6.53. The van der Waals surface area contributed by atoms with Crippen LogP contribution in [0.25, 0.3) is 0 Å². The largest absolute Gasteiger partial charge is 0.369 e. The van der Waals surface area contributed by atoms with E-state index in [9.17, 15) is 4.79 Å². The first-order chi connectivity index (χ1) is 14.1. The van der Waals surface area contributed by atoms with Gasteiger partial charge in [0.05, 0.1) is 6.54 Å². The highest BCUT2D eigenvalue weighted by atomic mass is 32.1. The molecule has 4 rings (SSSR count). The monoisotopic (exact) mass is 412 g/mol. The second-order valence-electron chi connectivity index (χ2n) is 8.22. The minimum absolute atomic E-state index is 0.293. The smallest absolute Gasteiger partial charge is 0.236 e. The Morgan fingerprint density at radius 2 is 1.62 bits per heavy atom. The van der Waals surface area contributed by atoms with Gasteiger partial charge >= 0.3 is 0 Å². The maximum atomic E-state index is 12.8. The molecule has 2 fully saturated rings. The fourth-order valence-electron chi connectivity index (χ4n) is 4.29. The van der Waals surface area contributed by atoms with Gasteiger partial charge in [-0.05, 0) is 42.5 Å². The molecule has 0 spiro atoms. The fraction of sp³-hybridized carbons (Fsp3) is 0.522. The maximum absolute atomic E-state index is 12.8. The van der Waals surface area contributed by atoms with Crippen molar-refractivity contribution in [2.45, 2.75) is 20.4 Å². The normalized spacial score (nSPS) is 19.0. The fourth-order valence-corrected chi connectivity index (χ4v) is 5.04. The molecule has 1 amide bonds. The molecular formula is C23H32N4OS. The highest BCUT2D eigenvalue weighted by molar-refractivity contribution is 7.09. The van der Waals surface area contributed by atoms with E-state index in [1.54, 1.807) is 0 Å². The number of anilines is 1. The molecule has 0 saturated carbocycles. The molecule has 5 nitrogen and oxygen atoms in total. The highest BCUT2D eigenvalue weighted by Gasteiger charge is 2.25. The summed E-state index contributed by atoms with van der Waals surface area (Å²) in [5.74, 6) is 0.293. The van der Waals surface area contributed by atoms with Crippen LogP contribution in [-0.2, 0) is 11.3 Å². The zero-order valence-corrected chi connectivity index (χ0v) is 18.5. The molecular weight excluding hydrogens is 380 g/mol. The quantitative estimate of drug-likeness (QED) is 0.756. The summed E-state index contributed by atoms with van der Waals surface area (Å²) >= 11 is 1.81. The van der Waals surface area contributed by atoms with E-state index in [4.69, 9.17) is 0 Å². The van der Waals surface area contributed by atoms with E-state index >= 15 is 0 Å². The lowest BCUT2D eigenvalue weighted by Gasteiger charge is -2.39. The Morgan fingerprint density at radius 3 is 2.31 bits per heavy atom. The van der Waals surface area contributed by atoms with Crippen LogP contribution >= 0.6 is 11.3 Å². The number of hydrogen-bond donors (Lipinski definition) is 0. The number of aryl methyl sites for hydroxylation is 1. The van der Waals surface area contributed by atoms with Gasteiger partial charge in [0.1, 0.15) is 0 Å². The van der Waals surface area contributed by atoms with Crippen LogP contribution in [0.3, 0.4) is 0 Å². The predicted molar refractivity (Wildman–Crippen MR) is 121 cm³/mol. The highest BCUT2D eigenvalue weighted by Crippen LogP contribution is 2.24. The third kappa shape index (κ3) is 5.00. The maximum Gasteiger partial charge on any atom is 0.236 e. The number of piperazine rings is 2. The molecule has 0 atom stereocenters. The van der Waals surface area contributed by atoms with Crippen LogP contribution in [0, 0.1) is 13.8 Å². The van der Waals surface area contributed by atoms with E-state index in [1.807, 2.05) is 11.3 Å². The Labute approximate surface area is 178 Å². The molecule has 2 aliphatic rings. The SMILES string of the molecule is Cc1cccc(N2CCN(CC(=O)N3CCN(Cc4cccs4)CC3)CC2)c1C. The molecule has 2 aliphatic heterocycles. The first-order valence-electron chi connectivity index (χ1n) is 10.7. The number of nitrogens with zero attached hydrogens (tertiary/aromatic N) is 4. The van der Waals surface area contributed by atoms with Gasteiger partial charge in [0.25, 0.3) is 0 Å². The van der Waals surface area contributed by atoms with E-state index in [-0.39, 0.29) is 0 Å². The summed E-state index contributed by atoms with van der Waals surface area (Å²) < 4.78 is 0. The number of amides is 1. The average molecular weight is 413 g/mol. The third-order valence-corrected chi connectivity index (χ3v) is 7.19. The van der Waals surface area contributed by atoms with Crippen molar-refractivity contribution in [3.63, 3.8) is 0 Å². The van der Waals surface area contributed by atoms with E-state index in [1.165, 1.54) is 21.7 Å². The summed E-state index contributed by atoms with van der Waals surface area (Å²) in [5.41, 5.74) is 4.06. The second-order valence-corrected chi connectivity index (χ2v) is 9.25. The van der Waals surface area contributed by atoms with E-state index in [0.29, 0.717) is 12.5 Å². The minimum atomic E-state index is 0.293. The van der Waals surface area contributed by atoms with Crippen molar-refractivity contribution in [3.05, 3.63) is 51.7 Å². The van der Waals surface area contributed by atoms with Crippen molar-refractivity contribution in [3.8, 4) is 0 Å². The van der Waals surface area contributed by atoms with E-state index in [2.05, 4.69) is 69.2 Å². The zero-order chi connectivity index (χ0) is 20.2. The van der Waals surface area contributed by atoms with Crippen LogP contribution in [-0.4, -0.2) is 79.5 Å². The molecule has 0 bridgehead atoms. The number of thiophene rings is 1. The number of carbonyl (C=O) groups is 1. The molecule has 0 N–H and O–H groups in total. The number of carbonyl (C=O) groups excluding carboxylic acids is 1. The molecule has 1 aromatic carbocycles. The second kappa shape index (κ2) is 9.28. The summed E-state index contributed by atoms with van der Waals surface area (Å²) in [6, 6.07) is 10.8. The summed E-state index contributed by atoms with van der Waals surface area (Å²) in [7, 11) is 0. The molecule has 2 aromatic rings. The van der Waals surface area contributed by atoms with Gasteiger partial charge < -0.3 is 9.80 Å². The Morgan fingerprint density at radius 1 is 0.897 bits per heavy atom. The Bertz CT molecular complexity index is 806. The molecule has 156 valence electrons. The van der Waals surface area contributed by atoms with Gasteiger partial charge in [-0.15, -0.1) is 11.3 Å². The summed E-state index contributed by atoms with van der Waals surface area (Å²) in [5, 5.41) is 2.13. The lowest BCUT2D eigenvalue weighted by atomic mass is 10.1. The molecule has 1 aromatic heterocycles. The van der Waals surface area contributed by atoms with Crippen LogP contribution in [0.4, 0.5) is 5.69 Å². The Hall–Kier alpha value is -1.89. The number of benzene rings is 1. The van der Waals surface area contributed by atoms with Crippen LogP contribution in [0.5, 0.6) is 0 Å². The molecule has 0 radical (unpaired) electrons. The predicted octanol–water partition coefficient (Wildman–Crippen LogP) is 2.83. The van der Waals surface area contributed by atoms with Crippen molar-refractivity contribution in [2.75, 3.05) is 63.8 Å². The molecule has 0 aliphatic carbocycles. The lowest BCUT2D eigenvalue weighted by Crippen LogP contribution is -2.53. The van der Waals surface area contributed by atoms with E-state index in [0.717, 1.165) is 58.9 Å². The summed E-state index contributed by atoms with van der Waals surface area (Å²) in [6.07, 6.45) is 0. The average Bonchev–Trinajstić information content (AvgIpc) is 3.24. The van der Waals surface area contributed by atoms with Crippen molar-refractivity contribution in [1.29, 1.82) is 0 Å². The molecule has 2 saturated heterocycles. The Balaban J connectivity index is 1.22. The van der Waals surface area contributed by atoms with Crippen LogP contribution in [0.1, 0.15) is 16.0 Å². The van der Waals surface area contributed by atoms with E-state index < -0.39 is 0 Å². The number of hydrogen-bond acceptors (Lipinski definition) is 5. The van der Waals surface area contributed by atoms with Gasteiger partial charge in [0.2, 0.25) is 5.91 Å². The van der Waals surface area contributed by atoms with Crippen molar-refractivity contribution in [2.24, 2.45) is 0 Å². The first kappa shape index (κ1) is 20.4. The standard InChI is InChI=1S/C23H32N4OS/c1-19-5-3-7-22(20(19)2)26-12-8-25(9-13-26)18-23(28)27-14-10-24(11-15-27)17-21-6-4-16-29-21/h3-7,16H,8-15,17-18H2,1-2H3. The molecule has 3 heterocycles. The van der Waals surface area contributed by atoms with Crippen molar-refractivity contribution in [1.82, 2.24) is 14.7 Å². The van der Waals surface area contributed by atoms with Gasteiger partial charge in [-0.2, -0.15) is 0 Å². The first-order valence-corrected chi connectivity index (χ1v) is 11.5. The zero-order valence-electron chi connectivity index (χ0n) is 17.6.